The molecule has 164 valence electrons. The van der Waals surface area contributed by atoms with Crippen molar-refractivity contribution in [2.45, 2.75) is 45.9 Å². The van der Waals surface area contributed by atoms with E-state index in [9.17, 15) is 15.0 Å². The molecule has 0 unspecified atom stereocenters. The van der Waals surface area contributed by atoms with Crippen LogP contribution in [0.5, 0.6) is 0 Å². The molecule has 3 aromatic rings. The van der Waals surface area contributed by atoms with Crippen LogP contribution in [0.4, 0.5) is 5.69 Å². The smallest absolute Gasteiger partial charge is 0.256 e. The normalized spacial score (nSPS) is 11.2. The van der Waals surface area contributed by atoms with Crippen molar-refractivity contribution in [1.29, 1.82) is 0 Å². The van der Waals surface area contributed by atoms with Gasteiger partial charge in [0.15, 0.2) is 6.29 Å². The summed E-state index contributed by atoms with van der Waals surface area (Å²) in [6.45, 7) is 4.61. The van der Waals surface area contributed by atoms with Crippen molar-refractivity contribution in [2.24, 2.45) is 0 Å². The number of carbonyl (C=O) groups is 1. The number of aryl methyl sites for hydroxylation is 1. The zero-order valence-corrected chi connectivity index (χ0v) is 19.7. The maximum Gasteiger partial charge on any atom is 0.256 e. The summed E-state index contributed by atoms with van der Waals surface area (Å²) in [4.78, 5) is 12.5. The molecule has 1 amide bonds. The second-order valence-corrected chi connectivity index (χ2v) is 8.49. The predicted octanol–water partition coefficient (Wildman–Crippen LogP) is 4.58. The summed E-state index contributed by atoms with van der Waals surface area (Å²) < 4.78 is 2.56. The number of anilines is 1. The van der Waals surface area contributed by atoms with Crippen LogP contribution in [0.1, 0.15) is 46.7 Å². The number of hydrogen-bond donors (Lipinski definition) is 3. The number of nitrogens with one attached hydrogen (secondary N) is 1. The number of carbonyl (C=O) groups excluding carboxylic acids is 1. The van der Waals surface area contributed by atoms with Gasteiger partial charge in [-0.25, -0.2) is 0 Å². The highest BCUT2D eigenvalue weighted by molar-refractivity contribution is 9.10. The second-order valence-electron chi connectivity index (χ2n) is 7.20. The largest absolute Gasteiger partial charge is 0.368 e. The van der Waals surface area contributed by atoms with Crippen molar-refractivity contribution in [1.82, 2.24) is 9.78 Å². The van der Waals surface area contributed by atoms with Crippen molar-refractivity contribution in [3.8, 4) is 0 Å². The number of amides is 1. The van der Waals surface area contributed by atoms with Crippen LogP contribution in [0, 0.1) is 0 Å². The molecule has 0 saturated heterocycles. The molecule has 0 atom stereocenters. The van der Waals surface area contributed by atoms with Gasteiger partial charge < -0.3 is 15.5 Å². The molecule has 0 aliphatic heterocycles. The van der Waals surface area contributed by atoms with Gasteiger partial charge in [-0.1, -0.05) is 37.6 Å². The van der Waals surface area contributed by atoms with Crippen molar-refractivity contribution in [3.05, 3.63) is 80.0 Å². The Kier molecular flexibility index (Phi) is 7.89. The number of aromatic nitrogens is 2. The number of aliphatic hydroxyl groups excluding tert-OH is 1. The van der Waals surface area contributed by atoms with E-state index >= 15 is 0 Å². The molecule has 1 aromatic heterocycles. The first-order valence-electron chi connectivity index (χ1n) is 10.1. The fourth-order valence-electron chi connectivity index (χ4n) is 3.56. The van der Waals surface area contributed by atoms with E-state index in [1.165, 1.54) is 0 Å². The highest BCUT2D eigenvalue weighted by Gasteiger charge is 2.18. The molecule has 0 aliphatic rings. The maximum atomic E-state index is 12.5. The standard InChI is InChI=1S/C23H25BrClN3O3/c1-3-20-18(12-22(29)30)21(4-2)28(27-20)13-14-5-8-16(9-6-14)26-23(31)17-10-7-15(25)11-19(17)24/h5-11,22,29-30H,3-4,12-13H2,1-2H3,(H,26,31). The van der Waals surface area contributed by atoms with Gasteiger partial charge in [-0.2, -0.15) is 5.10 Å². The molecule has 0 radical (unpaired) electrons. The van der Waals surface area contributed by atoms with Gasteiger partial charge in [0.2, 0.25) is 0 Å². The Labute approximate surface area is 195 Å². The Morgan fingerprint density at radius 3 is 2.45 bits per heavy atom. The molecule has 6 nitrogen and oxygen atoms in total. The SMILES string of the molecule is CCc1nn(Cc2ccc(NC(=O)c3ccc(Cl)cc3Br)cc2)c(CC)c1CC(O)O. The number of rotatable bonds is 8. The maximum absolute atomic E-state index is 12.5. The lowest BCUT2D eigenvalue weighted by Crippen LogP contribution is -2.13. The number of hydrogen-bond acceptors (Lipinski definition) is 4. The van der Waals surface area contributed by atoms with E-state index in [-0.39, 0.29) is 12.3 Å². The Bertz CT molecular complexity index is 1060. The molecule has 8 heteroatoms. The summed E-state index contributed by atoms with van der Waals surface area (Å²) in [5.74, 6) is -0.226. The van der Waals surface area contributed by atoms with Crippen LogP contribution in [-0.2, 0) is 25.8 Å². The Morgan fingerprint density at radius 2 is 1.87 bits per heavy atom. The second kappa shape index (κ2) is 10.4. The van der Waals surface area contributed by atoms with Crippen LogP contribution >= 0.6 is 27.5 Å². The average molecular weight is 507 g/mol. The molecule has 3 N–H and O–H groups in total. The highest BCUT2D eigenvalue weighted by atomic mass is 79.9. The Morgan fingerprint density at radius 1 is 1.16 bits per heavy atom. The summed E-state index contributed by atoms with van der Waals surface area (Å²) in [6.07, 6.45) is 0.265. The van der Waals surface area contributed by atoms with Crippen LogP contribution < -0.4 is 5.32 Å². The minimum absolute atomic E-state index is 0.178. The van der Waals surface area contributed by atoms with Gasteiger partial charge in [-0.05, 0) is 64.7 Å². The van der Waals surface area contributed by atoms with Gasteiger partial charge in [0.1, 0.15) is 0 Å². The summed E-state index contributed by atoms with van der Waals surface area (Å²) >= 11 is 9.30. The molecular formula is C23H25BrClN3O3. The van der Waals surface area contributed by atoms with Gasteiger partial charge in [-0.15, -0.1) is 0 Å². The molecule has 0 aliphatic carbocycles. The van der Waals surface area contributed by atoms with Gasteiger partial charge >= 0.3 is 0 Å². The van der Waals surface area contributed by atoms with Crippen molar-refractivity contribution < 1.29 is 15.0 Å². The first kappa shape index (κ1) is 23.5. The predicted molar refractivity (Wildman–Crippen MR) is 126 cm³/mol. The van der Waals surface area contributed by atoms with Gasteiger partial charge in [0.25, 0.3) is 5.91 Å². The van der Waals surface area contributed by atoms with Gasteiger partial charge in [-0.3, -0.25) is 9.48 Å². The van der Waals surface area contributed by atoms with Crippen LogP contribution in [0.2, 0.25) is 5.02 Å². The van der Waals surface area contributed by atoms with Crippen LogP contribution in [0.3, 0.4) is 0 Å². The molecule has 31 heavy (non-hydrogen) atoms. The quantitative estimate of drug-likeness (QED) is 0.390. The van der Waals surface area contributed by atoms with Crippen LogP contribution in [0.25, 0.3) is 0 Å². The fraction of sp³-hybridized carbons (Fsp3) is 0.304. The summed E-state index contributed by atoms with van der Waals surface area (Å²) in [5.41, 5.74) is 5.03. The minimum Gasteiger partial charge on any atom is -0.368 e. The summed E-state index contributed by atoms with van der Waals surface area (Å²) in [7, 11) is 0. The lowest BCUT2D eigenvalue weighted by atomic mass is 10.1. The van der Waals surface area contributed by atoms with Gasteiger partial charge in [0, 0.05) is 32.9 Å². The van der Waals surface area contributed by atoms with E-state index in [1.54, 1.807) is 18.2 Å². The Hall–Kier alpha value is -2.19. The molecule has 1 heterocycles. The molecule has 0 spiro atoms. The summed E-state index contributed by atoms with van der Waals surface area (Å²) in [6, 6.07) is 12.6. The van der Waals surface area contributed by atoms with E-state index in [0.717, 1.165) is 35.4 Å². The topological polar surface area (TPSA) is 87.4 Å². The first-order chi connectivity index (χ1) is 14.8. The van der Waals surface area contributed by atoms with E-state index in [4.69, 9.17) is 11.6 Å². The van der Waals surface area contributed by atoms with E-state index in [0.29, 0.717) is 27.3 Å². The number of aliphatic hydroxyl groups is 2. The van der Waals surface area contributed by atoms with Crippen LogP contribution in [0.15, 0.2) is 46.9 Å². The zero-order chi connectivity index (χ0) is 22.5. The van der Waals surface area contributed by atoms with Crippen molar-refractivity contribution in [2.75, 3.05) is 5.32 Å². The first-order valence-corrected chi connectivity index (χ1v) is 11.3. The highest BCUT2D eigenvalue weighted by Crippen LogP contribution is 2.23. The zero-order valence-electron chi connectivity index (χ0n) is 17.4. The average Bonchev–Trinajstić information content (AvgIpc) is 3.04. The molecule has 3 rings (SSSR count). The summed E-state index contributed by atoms with van der Waals surface area (Å²) in [5, 5.41) is 27.0. The minimum atomic E-state index is -1.39. The van der Waals surface area contributed by atoms with Crippen LogP contribution in [-0.4, -0.2) is 32.2 Å². The molecule has 0 saturated carbocycles. The third kappa shape index (κ3) is 5.74. The van der Waals surface area contributed by atoms with Crippen molar-refractivity contribution in [3.63, 3.8) is 0 Å². The lowest BCUT2D eigenvalue weighted by Gasteiger charge is -2.11. The van der Waals surface area contributed by atoms with E-state index in [1.807, 2.05) is 42.8 Å². The molecule has 0 bridgehead atoms. The van der Waals surface area contributed by atoms with Crippen molar-refractivity contribution >= 4 is 39.1 Å². The van der Waals surface area contributed by atoms with E-state index < -0.39 is 6.29 Å². The number of nitrogens with zero attached hydrogens (tertiary/aromatic N) is 2. The Balaban J connectivity index is 1.75. The fourth-order valence-corrected chi connectivity index (χ4v) is 4.42. The molecular weight excluding hydrogens is 482 g/mol. The third-order valence-electron chi connectivity index (χ3n) is 5.03. The number of benzene rings is 2. The lowest BCUT2D eigenvalue weighted by molar-refractivity contribution is -0.0384. The van der Waals surface area contributed by atoms with E-state index in [2.05, 4.69) is 26.3 Å². The molecule has 0 fully saturated rings. The van der Waals surface area contributed by atoms with Gasteiger partial charge in [0.05, 0.1) is 17.8 Å². The molecule has 2 aromatic carbocycles. The third-order valence-corrected chi connectivity index (χ3v) is 5.92. The monoisotopic (exact) mass is 505 g/mol. The number of halogens is 2.